The molecule has 202 valence electrons. The van der Waals surface area contributed by atoms with Gasteiger partial charge in [0.05, 0.1) is 17.0 Å². The number of hydrogen-bond donors (Lipinski definition) is 1. The van der Waals surface area contributed by atoms with Gasteiger partial charge in [0.25, 0.3) is 0 Å². The quantitative estimate of drug-likeness (QED) is 0.349. The number of rotatable bonds is 6. The molecule has 0 radical (unpaired) electrons. The summed E-state index contributed by atoms with van der Waals surface area (Å²) in [6.07, 6.45) is -10.1. The van der Waals surface area contributed by atoms with Gasteiger partial charge in [0, 0.05) is 12.5 Å². The number of alkyl halides is 6. The number of carbonyl (C=O) groups excluding carboxylic acids is 2. The molecule has 1 heterocycles. The Bertz CT molecular complexity index is 1090. The van der Waals surface area contributed by atoms with Crippen LogP contribution in [0.1, 0.15) is 49.4 Å². The molecule has 37 heavy (non-hydrogen) atoms. The van der Waals surface area contributed by atoms with E-state index < -0.39 is 59.2 Å². The average molecular weight is 531 g/mol. The molecule has 0 aromatic heterocycles. The van der Waals surface area contributed by atoms with Crippen LogP contribution in [0.4, 0.5) is 31.1 Å². The molecular weight excluding hydrogens is 504 g/mol. The minimum atomic E-state index is -4.51. The van der Waals surface area contributed by atoms with Crippen LogP contribution in [0, 0.1) is 5.92 Å². The normalized spacial score (nSPS) is 19.3. The summed E-state index contributed by atoms with van der Waals surface area (Å²) in [5, 5.41) is 2.64. The second-order valence-electron chi connectivity index (χ2n) is 9.95. The van der Waals surface area contributed by atoms with Crippen molar-refractivity contribution in [1.82, 2.24) is 5.32 Å². The first kappa shape index (κ1) is 28.3. The Kier molecular flexibility index (Phi) is 8.14. The first-order valence-corrected chi connectivity index (χ1v) is 11.5. The molecule has 3 atom stereocenters. The van der Waals surface area contributed by atoms with Crippen LogP contribution in [0.3, 0.4) is 0 Å². The van der Waals surface area contributed by atoms with Crippen LogP contribution in [0.2, 0.25) is 0 Å². The zero-order valence-corrected chi connectivity index (χ0v) is 20.4. The van der Waals surface area contributed by atoms with E-state index in [9.17, 15) is 35.9 Å². The zero-order chi connectivity index (χ0) is 27.6. The highest BCUT2D eigenvalue weighted by molar-refractivity contribution is 5.77. The van der Waals surface area contributed by atoms with Crippen LogP contribution in [0.25, 0.3) is 0 Å². The Hall–Kier alpha value is -3.24. The van der Waals surface area contributed by atoms with Gasteiger partial charge in [-0.15, -0.1) is 0 Å². The summed E-state index contributed by atoms with van der Waals surface area (Å²) < 4.78 is 87.9. The van der Waals surface area contributed by atoms with Crippen molar-refractivity contribution in [3.63, 3.8) is 0 Å². The molecule has 0 spiro atoms. The average Bonchev–Trinajstić information content (AvgIpc) is 3.11. The molecule has 11 heteroatoms. The lowest BCUT2D eigenvalue weighted by Crippen LogP contribution is -2.45. The summed E-state index contributed by atoms with van der Waals surface area (Å²) in [7, 11) is 0. The highest BCUT2D eigenvalue weighted by atomic mass is 19.4. The Morgan fingerprint density at radius 2 is 1.41 bits per heavy atom. The molecule has 0 aliphatic carbocycles. The molecule has 2 aromatic rings. The van der Waals surface area contributed by atoms with Crippen molar-refractivity contribution in [3.8, 4) is 0 Å². The first-order chi connectivity index (χ1) is 17.0. The van der Waals surface area contributed by atoms with Gasteiger partial charge in [0.1, 0.15) is 11.7 Å². The largest absolute Gasteiger partial charge is 0.462 e. The molecule has 1 aliphatic rings. The Labute approximate surface area is 210 Å². The van der Waals surface area contributed by atoms with Gasteiger partial charge in [-0.1, -0.05) is 24.3 Å². The second kappa shape index (κ2) is 10.6. The van der Waals surface area contributed by atoms with E-state index in [-0.39, 0.29) is 19.3 Å². The van der Waals surface area contributed by atoms with E-state index in [1.54, 1.807) is 20.8 Å². The van der Waals surface area contributed by atoms with Gasteiger partial charge < -0.3 is 14.8 Å². The van der Waals surface area contributed by atoms with Crippen molar-refractivity contribution >= 4 is 12.1 Å². The summed E-state index contributed by atoms with van der Waals surface area (Å²) >= 11 is 0. The van der Waals surface area contributed by atoms with E-state index in [1.165, 1.54) is 24.3 Å². The van der Waals surface area contributed by atoms with Crippen LogP contribution in [-0.4, -0.2) is 29.8 Å². The maximum Gasteiger partial charge on any atom is 0.416 e. The van der Waals surface area contributed by atoms with E-state index in [2.05, 4.69) is 5.32 Å². The Balaban J connectivity index is 1.75. The lowest BCUT2D eigenvalue weighted by atomic mass is 9.89. The number of ether oxygens (including phenoxy) is 2. The lowest BCUT2D eigenvalue weighted by Gasteiger charge is -2.26. The monoisotopic (exact) mass is 531 g/mol. The Morgan fingerprint density at radius 1 is 0.919 bits per heavy atom. The molecule has 0 bridgehead atoms. The number of hydrogen-bond acceptors (Lipinski definition) is 4. The minimum absolute atomic E-state index is 0.0319. The van der Waals surface area contributed by atoms with E-state index in [4.69, 9.17) is 9.47 Å². The van der Waals surface area contributed by atoms with E-state index in [0.717, 1.165) is 24.3 Å². The minimum Gasteiger partial charge on any atom is -0.462 e. The van der Waals surface area contributed by atoms with Crippen molar-refractivity contribution in [1.29, 1.82) is 0 Å². The third-order valence-electron chi connectivity index (χ3n) is 5.77. The molecule has 0 unspecified atom stereocenters. The number of amides is 1. The Morgan fingerprint density at radius 3 is 1.86 bits per heavy atom. The van der Waals surface area contributed by atoms with Crippen LogP contribution in [0.5, 0.6) is 0 Å². The zero-order valence-electron chi connectivity index (χ0n) is 20.4. The van der Waals surface area contributed by atoms with Gasteiger partial charge in [0.15, 0.2) is 0 Å². The van der Waals surface area contributed by atoms with Crippen molar-refractivity contribution < 1.29 is 45.4 Å². The van der Waals surface area contributed by atoms with Crippen LogP contribution in [-0.2, 0) is 39.5 Å². The van der Waals surface area contributed by atoms with Crippen LogP contribution < -0.4 is 5.32 Å². The van der Waals surface area contributed by atoms with E-state index >= 15 is 0 Å². The summed E-state index contributed by atoms with van der Waals surface area (Å²) in [5.74, 6) is -1.46. The number of esters is 1. The van der Waals surface area contributed by atoms with Gasteiger partial charge in [-0.2, -0.15) is 26.3 Å². The number of benzene rings is 2. The SMILES string of the molecule is CC(C)(C)OC(=O)N[C@@H](Cc1ccc(C(F)(F)F)cc1)[C@H]1C[C@@H](Cc2ccc(C(F)(F)F)cc2)OC1=O. The molecule has 1 amide bonds. The fourth-order valence-corrected chi connectivity index (χ4v) is 4.06. The fourth-order valence-electron chi connectivity index (χ4n) is 4.06. The highest BCUT2D eigenvalue weighted by Gasteiger charge is 2.41. The van der Waals surface area contributed by atoms with Gasteiger partial charge in [0.2, 0.25) is 0 Å². The third kappa shape index (κ3) is 8.13. The molecule has 1 saturated heterocycles. The fraction of sp³-hybridized carbons (Fsp3) is 0.462. The molecule has 1 N–H and O–H groups in total. The summed E-state index contributed by atoms with van der Waals surface area (Å²) in [6, 6.07) is 8.03. The topological polar surface area (TPSA) is 64.6 Å². The summed E-state index contributed by atoms with van der Waals surface area (Å²) in [6.45, 7) is 4.96. The van der Waals surface area contributed by atoms with Gasteiger partial charge in [-0.3, -0.25) is 4.79 Å². The van der Waals surface area contributed by atoms with Gasteiger partial charge >= 0.3 is 24.4 Å². The van der Waals surface area contributed by atoms with Crippen LogP contribution >= 0.6 is 0 Å². The number of halogens is 6. The number of alkyl carbamates (subject to hydrolysis) is 1. The maximum atomic E-state index is 12.9. The highest BCUT2D eigenvalue weighted by Crippen LogP contribution is 2.32. The molecule has 2 aromatic carbocycles. The number of carbonyl (C=O) groups is 2. The number of nitrogens with one attached hydrogen (secondary N) is 1. The second-order valence-corrected chi connectivity index (χ2v) is 9.95. The molecular formula is C26H27F6NO4. The molecule has 5 nitrogen and oxygen atoms in total. The van der Waals surface area contributed by atoms with E-state index in [1.807, 2.05) is 0 Å². The molecule has 1 aliphatic heterocycles. The van der Waals surface area contributed by atoms with Gasteiger partial charge in [-0.25, -0.2) is 4.79 Å². The predicted molar refractivity (Wildman–Crippen MR) is 121 cm³/mol. The molecule has 3 rings (SSSR count). The molecule has 0 saturated carbocycles. The lowest BCUT2D eigenvalue weighted by molar-refractivity contribution is -0.145. The molecule has 1 fully saturated rings. The smallest absolute Gasteiger partial charge is 0.416 e. The van der Waals surface area contributed by atoms with Crippen LogP contribution in [0.15, 0.2) is 48.5 Å². The van der Waals surface area contributed by atoms with Gasteiger partial charge in [-0.05, 0) is 69.0 Å². The number of cyclic esters (lactones) is 1. The van der Waals surface area contributed by atoms with Crippen molar-refractivity contribution in [2.24, 2.45) is 5.92 Å². The standard InChI is InChI=1S/C26H27F6NO4/c1-24(2,3)37-23(35)33-21(13-16-6-10-18(11-7-16)26(30,31)32)20-14-19(36-22(20)34)12-15-4-8-17(9-5-15)25(27,28)29/h4-11,19-21H,12-14H2,1-3H3,(H,33,35)/t19-,20-,21+/m1/s1. The summed E-state index contributed by atoms with van der Waals surface area (Å²) in [5.41, 5.74) is -1.47. The third-order valence-corrected chi connectivity index (χ3v) is 5.77. The van der Waals surface area contributed by atoms with Crippen molar-refractivity contribution in [2.45, 2.75) is 70.1 Å². The maximum absolute atomic E-state index is 12.9. The van der Waals surface area contributed by atoms with E-state index in [0.29, 0.717) is 11.1 Å². The summed E-state index contributed by atoms with van der Waals surface area (Å²) in [4.78, 5) is 25.2. The van der Waals surface area contributed by atoms with Crippen molar-refractivity contribution in [3.05, 3.63) is 70.8 Å². The first-order valence-electron chi connectivity index (χ1n) is 11.5. The predicted octanol–water partition coefficient (Wildman–Crippen LogP) is 6.33. The van der Waals surface area contributed by atoms with Crippen molar-refractivity contribution in [2.75, 3.05) is 0 Å².